The number of aryl methyl sites for hydroxylation is 1. The Morgan fingerprint density at radius 2 is 2.20 bits per heavy atom. The molecule has 5 nitrogen and oxygen atoms in total. The smallest absolute Gasteiger partial charge is 0.138 e. The highest BCUT2D eigenvalue weighted by Crippen LogP contribution is 2.32. The lowest BCUT2D eigenvalue weighted by Crippen LogP contribution is -2.53. The molecule has 0 bridgehead atoms. The second kappa shape index (κ2) is 5.47. The fraction of sp³-hybridized carbons (Fsp3) is 0.714. The van der Waals surface area contributed by atoms with Crippen LogP contribution in [0, 0.1) is 6.92 Å². The van der Waals surface area contributed by atoms with E-state index in [0.29, 0.717) is 24.2 Å². The minimum absolute atomic E-state index is 0.172. The van der Waals surface area contributed by atoms with Crippen LogP contribution in [0.25, 0.3) is 0 Å². The average Bonchev–Trinajstić information content (AvgIpc) is 2.86. The summed E-state index contributed by atoms with van der Waals surface area (Å²) in [5.41, 5.74) is 0.849. The van der Waals surface area contributed by atoms with Crippen molar-refractivity contribution in [2.45, 2.75) is 32.3 Å². The van der Waals surface area contributed by atoms with Crippen molar-refractivity contribution in [2.24, 2.45) is 0 Å². The van der Waals surface area contributed by atoms with Gasteiger partial charge in [-0.25, -0.2) is 9.97 Å². The number of morpholine rings is 1. The van der Waals surface area contributed by atoms with E-state index in [0.717, 1.165) is 43.9 Å². The predicted molar refractivity (Wildman–Crippen MR) is 77.5 cm³/mol. The summed E-state index contributed by atoms with van der Waals surface area (Å²) in [6.45, 7) is 7.75. The first kappa shape index (κ1) is 14.0. The van der Waals surface area contributed by atoms with E-state index in [4.69, 9.17) is 21.1 Å². The van der Waals surface area contributed by atoms with Crippen molar-refractivity contribution in [1.82, 2.24) is 9.97 Å². The highest BCUT2D eigenvalue weighted by molar-refractivity contribution is 6.30. The van der Waals surface area contributed by atoms with Gasteiger partial charge >= 0.3 is 0 Å². The molecule has 1 atom stereocenters. The number of anilines is 1. The Kier molecular flexibility index (Phi) is 3.84. The second-order valence-electron chi connectivity index (χ2n) is 5.47. The summed E-state index contributed by atoms with van der Waals surface area (Å²) >= 11 is 6.27. The Labute approximate surface area is 124 Å². The number of aromatic nitrogens is 2. The van der Waals surface area contributed by atoms with Gasteiger partial charge in [-0.3, -0.25) is 0 Å². The predicted octanol–water partition coefficient (Wildman–Crippen LogP) is 2.00. The number of nitrogens with zero attached hydrogens (tertiary/aromatic N) is 3. The van der Waals surface area contributed by atoms with E-state index < -0.39 is 0 Å². The minimum atomic E-state index is -0.172. The van der Waals surface area contributed by atoms with Gasteiger partial charge in [0.05, 0.1) is 19.8 Å². The summed E-state index contributed by atoms with van der Waals surface area (Å²) in [7, 11) is 0. The molecule has 20 heavy (non-hydrogen) atoms. The van der Waals surface area contributed by atoms with Gasteiger partial charge in [-0.05, 0) is 13.3 Å². The molecule has 0 aliphatic carbocycles. The molecule has 1 aromatic heterocycles. The van der Waals surface area contributed by atoms with Gasteiger partial charge in [-0.1, -0.05) is 18.5 Å². The van der Waals surface area contributed by atoms with Crippen LogP contribution in [0.3, 0.4) is 0 Å². The van der Waals surface area contributed by atoms with Crippen LogP contribution in [0.15, 0.2) is 0 Å². The second-order valence-corrected chi connectivity index (χ2v) is 5.83. The molecule has 1 spiro atoms. The standard InChI is InChI=1S/C14H20ClN3O2/c1-3-11-12(15)16-10(2)17-13(11)18-5-7-20-14(8-18)4-6-19-9-14/h3-9H2,1-2H3. The molecule has 2 fully saturated rings. The highest BCUT2D eigenvalue weighted by atomic mass is 35.5. The van der Waals surface area contributed by atoms with Gasteiger partial charge in [-0.15, -0.1) is 0 Å². The number of rotatable bonds is 2. The van der Waals surface area contributed by atoms with Crippen LogP contribution < -0.4 is 4.90 Å². The number of hydrogen-bond donors (Lipinski definition) is 0. The molecular formula is C14H20ClN3O2. The maximum atomic E-state index is 6.27. The first-order chi connectivity index (χ1) is 9.63. The normalized spacial score (nSPS) is 26.4. The van der Waals surface area contributed by atoms with Gasteiger partial charge < -0.3 is 14.4 Å². The molecule has 2 saturated heterocycles. The SMILES string of the molecule is CCc1c(Cl)nc(C)nc1N1CCOC2(CCOC2)C1. The van der Waals surface area contributed by atoms with E-state index in [2.05, 4.69) is 21.8 Å². The Morgan fingerprint density at radius 1 is 1.35 bits per heavy atom. The lowest BCUT2D eigenvalue weighted by Gasteiger charge is -2.40. The number of hydrogen-bond acceptors (Lipinski definition) is 5. The largest absolute Gasteiger partial charge is 0.378 e. The molecule has 3 rings (SSSR count). The molecule has 1 unspecified atom stereocenters. The van der Waals surface area contributed by atoms with Crippen molar-refractivity contribution in [3.05, 3.63) is 16.5 Å². The third-order valence-corrected chi connectivity index (χ3v) is 4.33. The molecular weight excluding hydrogens is 278 g/mol. The lowest BCUT2D eigenvalue weighted by atomic mass is 10.0. The van der Waals surface area contributed by atoms with Gasteiger partial charge in [0, 0.05) is 25.1 Å². The molecule has 0 saturated carbocycles. The lowest BCUT2D eigenvalue weighted by molar-refractivity contribution is -0.0581. The zero-order valence-corrected chi connectivity index (χ0v) is 12.7. The fourth-order valence-corrected chi connectivity index (χ4v) is 3.31. The van der Waals surface area contributed by atoms with Crippen LogP contribution >= 0.6 is 11.6 Å². The first-order valence-electron chi connectivity index (χ1n) is 7.13. The van der Waals surface area contributed by atoms with E-state index in [1.54, 1.807) is 0 Å². The molecule has 0 aromatic carbocycles. The van der Waals surface area contributed by atoms with Gasteiger partial charge in [0.15, 0.2) is 0 Å². The van der Waals surface area contributed by atoms with Crippen molar-refractivity contribution < 1.29 is 9.47 Å². The molecule has 2 aliphatic rings. The quantitative estimate of drug-likeness (QED) is 0.781. The molecule has 0 amide bonds. The summed E-state index contributed by atoms with van der Waals surface area (Å²) in [6, 6.07) is 0. The van der Waals surface area contributed by atoms with E-state index in [-0.39, 0.29) is 5.60 Å². The van der Waals surface area contributed by atoms with E-state index in [9.17, 15) is 0 Å². The van der Waals surface area contributed by atoms with E-state index in [1.165, 1.54) is 0 Å². The number of halogens is 1. The third kappa shape index (κ3) is 2.50. The maximum Gasteiger partial charge on any atom is 0.138 e. The average molecular weight is 298 g/mol. The molecule has 1 aromatic rings. The topological polar surface area (TPSA) is 47.5 Å². The van der Waals surface area contributed by atoms with Gasteiger partial charge in [0.2, 0.25) is 0 Å². The van der Waals surface area contributed by atoms with Crippen molar-refractivity contribution in [3.8, 4) is 0 Å². The Balaban J connectivity index is 1.92. The third-order valence-electron chi connectivity index (χ3n) is 4.02. The summed E-state index contributed by atoms with van der Waals surface area (Å²) in [4.78, 5) is 11.2. The van der Waals surface area contributed by atoms with Crippen molar-refractivity contribution in [2.75, 3.05) is 37.8 Å². The Bertz CT molecular complexity index is 503. The Morgan fingerprint density at radius 3 is 2.90 bits per heavy atom. The molecule has 0 N–H and O–H groups in total. The van der Waals surface area contributed by atoms with Crippen LogP contribution in [0.1, 0.15) is 24.7 Å². The van der Waals surface area contributed by atoms with E-state index >= 15 is 0 Å². The van der Waals surface area contributed by atoms with Crippen molar-refractivity contribution in [3.63, 3.8) is 0 Å². The monoisotopic (exact) mass is 297 g/mol. The zero-order valence-electron chi connectivity index (χ0n) is 12.0. The maximum absolute atomic E-state index is 6.27. The van der Waals surface area contributed by atoms with Crippen LogP contribution in [0.4, 0.5) is 5.82 Å². The number of ether oxygens (including phenoxy) is 2. The Hall–Kier alpha value is -0.910. The van der Waals surface area contributed by atoms with E-state index in [1.807, 2.05) is 6.92 Å². The van der Waals surface area contributed by atoms with Crippen LogP contribution in [-0.4, -0.2) is 48.5 Å². The van der Waals surface area contributed by atoms with Gasteiger partial charge in [-0.2, -0.15) is 0 Å². The van der Waals surface area contributed by atoms with Crippen LogP contribution in [-0.2, 0) is 15.9 Å². The van der Waals surface area contributed by atoms with Gasteiger partial charge in [0.25, 0.3) is 0 Å². The van der Waals surface area contributed by atoms with Gasteiger partial charge in [0.1, 0.15) is 22.4 Å². The summed E-state index contributed by atoms with van der Waals surface area (Å²) in [6.07, 6.45) is 1.78. The fourth-order valence-electron chi connectivity index (χ4n) is 2.97. The first-order valence-corrected chi connectivity index (χ1v) is 7.51. The van der Waals surface area contributed by atoms with Crippen molar-refractivity contribution >= 4 is 17.4 Å². The molecule has 3 heterocycles. The minimum Gasteiger partial charge on any atom is -0.378 e. The zero-order chi connectivity index (χ0) is 14.2. The summed E-state index contributed by atoms with van der Waals surface area (Å²) < 4.78 is 11.5. The molecule has 6 heteroatoms. The summed E-state index contributed by atoms with van der Waals surface area (Å²) in [5, 5.41) is 0.568. The highest BCUT2D eigenvalue weighted by Gasteiger charge is 2.41. The van der Waals surface area contributed by atoms with Crippen LogP contribution in [0.2, 0.25) is 5.15 Å². The van der Waals surface area contributed by atoms with Crippen LogP contribution in [0.5, 0.6) is 0 Å². The molecule has 0 radical (unpaired) electrons. The molecule has 110 valence electrons. The molecule has 2 aliphatic heterocycles. The van der Waals surface area contributed by atoms with Crippen molar-refractivity contribution in [1.29, 1.82) is 0 Å². The summed E-state index contributed by atoms with van der Waals surface area (Å²) in [5.74, 6) is 1.67.